The zero-order chi connectivity index (χ0) is 28.8. The van der Waals surface area contributed by atoms with Crippen LogP contribution in [0.3, 0.4) is 0 Å². The van der Waals surface area contributed by atoms with Gasteiger partial charge >= 0.3 is 18.4 Å². The molecule has 0 saturated heterocycles. The number of carbonyl (C=O) groups is 2. The van der Waals surface area contributed by atoms with E-state index in [-0.39, 0.29) is 23.3 Å². The molecular formula is C26H30F4N4O4. The van der Waals surface area contributed by atoms with Gasteiger partial charge in [0.25, 0.3) is 0 Å². The molecule has 2 heterocycles. The number of hydrogen-bond acceptors (Lipinski definition) is 6. The number of carbonyl (C=O) groups excluding carboxylic acids is 2. The van der Waals surface area contributed by atoms with E-state index in [0.717, 1.165) is 27.9 Å². The number of alkyl halides is 3. The van der Waals surface area contributed by atoms with E-state index >= 15 is 4.39 Å². The van der Waals surface area contributed by atoms with Crippen LogP contribution in [0.5, 0.6) is 0 Å². The summed E-state index contributed by atoms with van der Waals surface area (Å²) in [7, 11) is 1.34. The maximum absolute atomic E-state index is 15.3. The van der Waals surface area contributed by atoms with E-state index in [4.69, 9.17) is 9.47 Å². The van der Waals surface area contributed by atoms with E-state index in [1.807, 2.05) is 0 Å². The highest BCUT2D eigenvalue weighted by molar-refractivity contribution is 5.91. The molecule has 0 unspecified atom stereocenters. The summed E-state index contributed by atoms with van der Waals surface area (Å²) >= 11 is 0. The van der Waals surface area contributed by atoms with Gasteiger partial charge in [-0.25, -0.2) is 14.0 Å². The van der Waals surface area contributed by atoms with Crippen LogP contribution >= 0.6 is 0 Å². The van der Waals surface area contributed by atoms with Crippen molar-refractivity contribution in [3.8, 4) is 11.3 Å². The molecule has 3 aromatic rings. The van der Waals surface area contributed by atoms with Crippen molar-refractivity contribution in [1.29, 1.82) is 0 Å². The molecule has 2 aromatic heterocycles. The molecule has 0 bridgehead atoms. The van der Waals surface area contributed by atoms with Crippen LogP contribution < -0.4 is 0 Å². The summed E-state index contributed by atoms with van der Waals surface area (Å²) in [5, 5.41) is 4.44. The number of nitrogens with zero attached hydrogens (tertiary/aromatic N) is 4. The van der Waals surface area contributed by atoms with Crippen LogP contribution in [0, 0.1) is 12.7 Å². The summed E-state index contributed by atoms with van der Waals surface area (Å²) in [5.41, 5.74) is -3.48. The molecule has 0 atom stereocenters. The second-order valence-corrected chi connectivity index (χ2v) is 10.9. The second-order valence-electron chi connectivity index (χ2n) is 10.9. The first-order valence-electron chi connectivity index (χ1n) is 11.7. The quantitative estimate of drug-likeness (QED) is 0.344. The zero-order valence-corrected chi connectivity index (χ0v) is 22.5. The normalized spacial score (nSPS) is 12.5. The van der Waals surface area contributed by atoms with E-state index in [1.165, 1.54) is 13.1 Å². The molecule has 0 N–H and O–H groups in total. The first kappa shape index (κ1) is 28.9. The van der Waals surface area contributed by atoms with Gasteiger partial charge in [-0.3, -0.25) is 4.98 Å². The molecular weight excluding hydrogens is 508 g/mol. The summed E-state index contributed by atoms with van der Waals surface area (Å²) in [5.74, 6) is -1.17. The average molecular weight is 539 g/mol. The highest BCUT2D eigenvalue weighted by Gasteiger charge is 2.37. The fourth-order valence-corrected chi connectivity index (χ4v) is 3.66. The average Bonchev–Trinajstić information content (AvgIpc) is 3.06. The van der Waals surface area contributed by atoms with Crippen LogP contribution in [0.25, 0.3) is 22.2 Å². The van der Waals surface area contributed by atoms with E-state index < -0.39 is 46.5 Å². The Morgan fingerprint density at radius 3 is 2.16 bits per heavy atom. The van der Waals surface area contributed by atoms with E-state index in [1.54, 1.807) is 48.5 Å². The molecule has 0 aliphatic rings. The summed E-state index contributed by atoms with van der Waals surface area (Å²) in [6, 6.07) is 2.95. The maximum Gasteiger partial charge on any atom is 0.435 e. The number of fused-ring (bicyclic) bond motifs is 1. The Balaban J connectivity index is 2.06. The highest BCUT2D eigenvalue weighted by atomic mass is 19.4. The van der Waals surface area contributed by atoms with Crippen molar-refractivity contribution in [2.24, 2.45) is 0 Å². The zero-order valence-electron chi connectivity index (χ0n) is 22.5. The highest BCUT2D eigenvalue weighted by Crippen LogP contribution is 2.40. The van der Waals surface area contributed by atoms with Crippen LogP contribution in [-0.2, 0) is 22.2 Å². The van der Waals surface area contributed by atoms with Crippen molar-refractivity contribution in [2.45, 2.75) is 72.4 Å². The SMILES string of the molecule is Cc1nn(C(=O)OC(C)(C)C)c2cnc(-c3c(F)cc(CN(C)C(=O)OC(C)(C)C)cc3C(F)(F)F)cc12. The van der Waals surface area contributed by atoms with Crippen molar-refractivity contribution < 1.29 is 36.6 Å². The number of pyridine rings is 1. The van der Waals surface area contributed by atoms with Crippen LogP contribution in [-0.4, -0.2) is 50.1 Å². The van der Waals surface area contributed by atoms with Gasteiger partial charge in [0.05, 0.1) is 28.7 Å². The third-order valence-corrected chi connectivity index (χ3v) is 5.15. The summed E-state index contributed by atoms with van der Waals surface area (Å²) in [4.78, 5) is 29.9. The lowest BCUT2D eigenvalue weighted by atomic mass is 9.98. The van der Waals surface area contributed by atoms with Gasteiger partial charge in [0.2, 0.25) is 0 Å². The Labute approximate surface area is 217 Å². The van der Waals surface area contributed by atoms with Crippen LogP contribution in [0.2, 0.25) is 0 Å². The lowest BCUT2D eigenvalue weighted by Gasteiger charge is -2.25. The Morgan fingerprint density at radius 2 is 1.61 bits per heavy atom. The fraction of sp³-hybridized carbons (Fsp3) is 0.462. The van der Waals surface area contributed by atoms with Crippen molar-refractivity contribution in [1.82, 2.24) is 19.7 Å². The van der Waals surface area contributed by atoms with Gasteiger partial charge in [0.15, 0.2) is 0 Å². The summed E-state index contributed by atoms with van der Waals surface area (Å²) in [6.45, 7) is 11.2. The van der Waals surface area contributed by atoms with Crippen LogP contribution in [0.4, 0.5) is 27.2 Å². The largest absolute Gasteiger partial charge is 0.444 e. The molecule has 38 heavy (non-hydrogen) atoms. The molecule has 0 spiro atoms. The minimum atomic E-state index is -4.93. The topological polar surface area (TPSA) is 86.6 Å². The van der Waals surface area contributed by atoms with Gasteiger partial charge in [-0.2, -0.15) is 23.0 Å². The van der Waals surface area contributed by atoms with Crippen LogP contribution in [0.1, 0.15) is 58.4 Å². The second kappa shape index (κ2) is 9.88. The number of hydrogen-bond donors (Lipinski definition) is 0. The predicted octanol–water partition coefficient (Wildman–Crippen LogP) is 6.71. The smallest absolute Gasteiger partial charge is 0.435 e. The van der Waals surface area contributed by atoms with Crippen LogP contribution in [0.15, 0.2) is 24.4 Å². The lowest BCUT2D eigenvalue weighted by Crippen LogP contribution is -2.33. The van der Waals surface area contributed by atoms with Gasteiger partial charge in [-0.05, 0) is 72.2 Å². The summed E-state index contributed by atoms with van der Waals surface area (Å²) in [6.07, 6.45) is -5.33. The molecule has 0 aliphatic heterocycles. The molecule has 0 saturated carbocycles. The minimum Gasteiger partial charge on any atom is -0.444 e. The van der Waals surface area contributed by atoms with Crippen molar-refractivity contribution in [3.63, 3.8) is 0 Å². The molecule has 206 valence electrons. The number of amides is 1. The van der Waals surface area contributed by atoms with Gasteiger partial charge < -0.3 is 14.4 Å². The van der Waals surface area contributed by atoms with E-state index in [2.05, 4.69) is 10.1 Å². The first-order chi connectivity index (χ1) is 17.3. The maximum atomic E-state index is 15.3. The lowest BCUT2D eigenvalue weighted by molar-refractivity contribution is -0.137. The van der Waals surface area contributed by atoms with Gasteiger partial charge in [-0.15, -0.1) is 0 Å². The van der Waals surface area contributed by atoms with Gasteiger partial charge in [0, 0.05) is 24.5 Å². The molecule has 3 rings (SSSR count). The number of aryl methyl sites for hydroxylation is 1. The van der Waals surface area contributed by atoms with E-state index in [0.29, 0.717) is 11.1 Å². The predicted molar refractivity (Wildman–Crippen MR) is 132 cm³/mol. The monoisotopic (exact) mass is 538 g/mol. The van der Waals surface area contributed by atoms with Gasteiger partial charge in [0.1, 0.15) is 17.0 Å². The molecule has 1 amide bonds. The molecule has 0 radical (unpaired) electrons. The molecule has 0 aliphatic carbocycles. The standard InChI is InChI=1S/C26H30F4N4O4/c1-14-16-11-19(31-12-20(16)34(32-14)23(36)38-25(5,6)7)21-17(26(28,29)30)9-15(10-18(21)27)13-33(8)22(35)37-24(2,3)4/h9-12H,13H2,1-8H3. The first-order valence-corrected chi connectivity index (χ1v) is 11.7. The third kappa shape index (κ3) is 6.59. The van der Waals surface area contributed by atoms with Gasteiger partial charge in [-0.1, -0.05) is 0 Å². The number of benzene rings is 1. The number of ether oxygens (including phenoxy) is 2. The Bertz CT molecular complexity index is 1390. The number of aromatic nitrogens is 3. The fourth-order valence-electron chi connectivity index (χ4n) is 3.66. The molecule has 12 heteroatoms. The Kier molecular flexibility index (Phi) is 7.50. The third-order valence-electron chi connectivity index (χ3n) is 5.15. The number of rotatable bonds is 3. The molecule has 8 nitrogen and oxygen atoms in total. The summed E-state index contributed by atoms with van der Waals surface area (Å²) < 4.78 is 69.1. The Hall–Kier alpha value is -3.70. The molecule has 0 fully saturated rings. The minimum absolute atomic E-state index is 0.0815. The van der Waals surface area contributed by atoms with Crippen molar-refractivity contribution >= 4 is 23.1 Å². The van der Waals surface area contributed by atoms with Crippen molar-refractivity contribution in [3.05, 3.63) is 47.0 Å². The van der Waals surface area contributed by atoms with E-state index in [9.17, 15) is 22.8 Å². The number of halogens is 4. The Morgan fingerprint density at radius 1 is 1.00 bits per heavy atom. The molecule has 1 aromatic carbocycles. The van der Waals surface area contributed by atoms with Crippen molar-refractivity contribution in [2.75, 3.05) is 7.05 Å².